The number of hydrogen-bond acceptors (Lipinski definition) is 3. The molecule has 2 heterocycles. The Kier molecular flexibility index (Phi) is 4.17. The molecule has 0 bridgehead atoms. The molecule has 1 aliphatic heterocycles. The summed E-state index contributed by atoms with van der Waals surface area (Å²) >= 11 is 0. The second-order valence-electron chi connectivity index (χ2n) is 6.11. The highest BCUT2D eigenvalue weighted by Gasteiger charge is 2.38. The fourth-order valence-corrected chi connectivity index (χ4v) is 4.92. The predicted octanol–water partition coefficient (Wildman–Crippen LogP) is 1.78. The van der Waals surface area contributed by atoms with Gasteiger partial charge in [0.05, 0.1) is 0 Å². The largest absolute Gasteiger partial charge is 0.477 e. The van der Waals surface area contributed by atoms with E-state index >= 15 is 0 Å². The molecule has 6 nitrogen and oxygen atoms in total. The average Bonchev–Trinajstić information content (AvgIpc) is 2.76. The molecule has 2 rings (SSSR count). The summed E-state index contributed by atoms with van der Waals surface area (Å²) in [6.45, 7) is 6.48. The third-order valence-electron chi connectivity index (χ3n) is 4.35. The summed E-state index contributed by atoms with van der Waals surface area (Å²) in [5.41, 5.74) is -0.0284. The molecule has 118 valence electrons. The molecule has 1 aliphatic rings. The maximum absolute atomic E-state index is 12.8. The highest BCUT2D eigenvalue weighted by Crippen LogP contribution is 2.32. The second kappa shape index (κ2) is 5.46. The van der Waals surface area contributed by atoms with Crippen molar-refractivity contribution in [2.45, 2.75) is 38.1 Å². The van der Waals surface area contributed by atoms with Gasteiger partial charge in [0.15, 0.2) is 0 Å². The van der Waals surface area contributed by atoms with E-state index in [2.05, 4.69) is 6.92 Å². The van der Waals surface area contributed by atoms with Crippen LogP contribution in [0.3, 0.4) is 0 Å². The number of rotatable bonds is 3. The second-order valence-corrected chi connectivity index (χ2v) is 8.00. The Morgan fingerprint density at radius 2 is 1.95 bits per heavy atom. The smallest absolute Gasteiger partial charge is 0.352 e. The van der Waals surface area contributed by atoms with Gasteiger partial charge in [0.25, 0.3) is 0 Å². The number of sulfonamides is 1. The summed E-state index contributed by atoms with van der Waals surface area (Å²) in [5, 5.41) is 9.06. The average molecular weight is 314 g/mol. The van der Waals surface area contributed by atoms with Crippen LogP contribution in [0.1, 0.15) is 37.7 Å². The molecule has 0 amide bonds. The molecule has 0 aliphatic carbocycles. The van der Waals surface area contributed by atoms with Crippen molar-refractivity contribution >= 4 is 16.0 Å². The summed E-state index contributed by atoms with van der Waals surface area (Å²) < 4.78 is 28.4. The molecule has 7 heteroatoms. The molecule has 1 aromatic rings. The van der Waals surface area contributed by atoms with Gasteiger partial charge in [0, 0.05) is 25.8 Å². The lowest BCUT2D eigenvalue weighted by atomic mass is 9.88. The van der Waals surface area contributed by atoms with E-state index in [9.17, 15) is 13.2 Å². The maximum atomic E-state index is 12.8. The summed E-state index contributed by atoms with van der Waals surface area (Å²) in [5.74, 6) is -0.549. The first-order valence-corrected chi connectivity index (χ1v) is 8.50. The maximum Gasteiger partial charge on any atom is 0.352 e. The number of piperidine rings is 1. The van der Waals surface area contributed by atoms with Gasteiger partial charge in [-0.25, -0.2) is 13.2 Å². The fraction of sp³-hybridized carbons (Fsp3) is 0.643. The van der Waals surface area contributed by atoms with Gasteiger partial charge in [-0.05, 0) is 31.2 Å². The predicted molar refractivity (Wildman–Crippen MR) is 78.7 cm³/mol. The molecular formula is C14H22N2O4S. The molecular weight excluding hydrogens is 292 g/mol. The van der Waals surface area contributed by atoms with Crippen LogP contribution >= 0.6 is 0 Å². The molecule has 0 saturated carbocycles. The van der Waals surface area contributed by atoms with Crippen molar-refractivity contribution in [1.29, 1.82) is 0 Å². The number of aryl methyl sites for hydroxylation is 1. The zero-order valence-electron chi connectivity index (χ0n) is 12.8. The molecule has 3 atom stereocenters. The molecule has 21 heavy (non-hydrogen) atoms. The Hall–Kier alpha value is -1.34. The van der Waals surface area contributed by atoms with E-state index in [1.807, 2.05) is 13.8 Å². The summed E-state index contributed by atoms with van der Waals surface area (Å²) in [6.07, 6.45) is 2.37. The van der Waals surface area contributed by atoms with Gasteiger partial charge in [-0.15, -0.1) is 0 Å². The lowest BCUT2D eigenvalue weighted by Crippen LogP contribution is -2.48. The Bertz CT molecular complexity index is 650. The normalized spacial score (nSPS) is 27.7. The first-order valence-electron chi connectivity index (χ1n) is 7.06. The Morgan fingerprint density at radius 1 is 1.33 bits per heavy atom. The van der Waals surface area contributed by atoms with Gasteiger partial charge in [0.1, 0.15) is 10.6 Å². The van der Waals surface area contributed by atoms with Crippen molar-refractivity contribution in [3.8, 4) is 0 Å². The monoisotopic (exact) mass is 314 g/mol. The SMILES string of the molecule is CC1CC(C)C(C)N(S(=O)(=O)c2cc(C(=O)O)n(C)c2)C1. The minimum atomic E-state index is -3.66. The van der Waals surface area contributed by atoms with E-state index in [0.29, 0.717) is 12.5 Å². The van der Waals surface area contributed by atoms with Gasteiger partial charge >= 0.3 is 5.97 Å². The summed E-state index contributed by atoms with van der Waals surface area (Å²) in [6, 6.07) is 1.15. The van der Waals surface area contributed by atoms with Gasteiger partial charge in [-0.3, -0.25) is 0 Å². The minimum absolute atomic E-state index is 0.0284. The number of carbonyl (C=O) groups is 1. The number of aromatic carboxylic acids is 1. The Balaban J connectivity index is 2.41. The van der Waals surface area contributed by atoms with Crippen LogP contribution in [0.15, 0.2) is 17.2 Å². The summed E-state index contributed by atoms with van der Waals surface area (Å²) in [4.78, 5) is 11.1. The zero-order chi connectivity index (χ0) is 15.9. The van der Waals surface area contributed by atoms with Crippen molar-refractivity contribution in [2.24, 2.45) is 18.9 Å². The van der Waals surface area contributed by atoms with Crippen molar-refractivity contribution in [1.82, 2.24) is 8.87 Å². The Morgan fingerprint density at radius 3 is 2.48 bits per heavy atom. The first kappa shape index (κ1) is 16.0. The van der Waals surface area contributed by atoms with E-state index < -0.39 is 16.0 Å². The van der Waals surface area contributed by atoms with E-state index in [-0.39, 0.29) is 22.5 Å². The quantitative estimate of drug-likeness (QED) is 0.922. The van der Waals surface area contributed by atoms with Crippen molar-refractivity contribution in [3.63, 3.8) is 0 Å². The van der Waals surface area contributed by atoms with Crippen molar-refractivity contribution < 1.29 is 18.3 Å². The van der Waals surface area contributed by atoms with Crippen LogP contribution in [-0.2, 0) is 17.1 Å². The Labute approximate surface area is 125 Å². The van der Waals surface area contributed by atoms with Gasteiger partial charge < -0.3 is 9.67 Å². The highest BCUT2D eigenvalue weighted by atomic mass is 32.2. The van der Waals surface area contributed by atoms with Crippen LogP contribution in [0.25, 0.3) is 0 Å². The lowest BCUT2D eigenvalue weighted by molar-refractivity contribution is 0.0686. The van der Waals surface area contributed by atoms with Crippen LogP contribution in [0.5, 0.6) is 0 Å². The van der Waals surface area contributed by atoms with Gasteiger partial charge in [-0.1, -0.05) is 13.8 Å². The van der Waals surface area contributed by atoms with Crippen LogP contribution in [0, 0.1) is 11.8 Å². The topological polar surface area (TPSA) is 79.6 Å². The van der Waals surface area contributed by atoms with Gasteiger partial charge in [-0.2, -0.15) is 4.31 Å². The molecule has 1 N–H and O–H groups in total. The van der Waals surface area contributed by atoms with Crippen LogP contribution in [-0.4, -0.2) is 41.0 Å². The van der Waals surface area contributed by atoms with Crippen molar-refractivity contribution in [3.05, 3.63) is 18.0 Å². The van der Waals surface area contributed by atoms with Crippen LogP contribution in [0.4, 0.5) is 0 Å². The molecule has 3 unspecified atom stereocenters. The zero-order valence-corrected chi connectivity index (χ0v) is 13.6. The lowest BCUT2D eigenvalue weighted by Gasteiger charge is -2.39. The van der Waals surface area contributed by atoms with Crippen LogP contribution in [0.2, 0.25) is 0 Å². The van der Waals surface area contributed by atoms with Crippen molar-refractivity contribution in [2.75, 3.05) is 6.54 Å². The fourth-order valence-electron chi connectivity index (χ4n) is 3.00. The highest BCUT2D eigenvalue weighted by molar-refractivity contribution is 7.89. The molecule has 1 saturated heterocycles. The van der Waals surface area contributed by atoms with E-state index in [4.69, 9.17) is 5.11 Å². The minimum Gasteiger partial charge on any atom is -0.477 e. The standard InChI is InChI=1S/C14H22N2O4S/c1-9-5-10(2)11(3)16(7-9)21(19,20)12-6-13(14(17)18)15(4)8-12/h6,8-11H,5,7H2,1-4H3,(H,17,18). The number of aromatic nitrogens is 1. The third-order valence-corrected chi connectivity index (χ3v) is 6.27. The third kappa shape index (κ3) is 2.85. The summed E-state index contributed by atoms with van der Waals surface area (Å²) in [7, 11) is -2.13. The number of carboxylic acid groups (broad SMARTS) is 1. The number of hydrogen-bond donors (Lipinski definition) is 1. The van der Waals surface area contributed by atoms with Crippen LogP contribution < -0.4 is 0 Å². The molecule has 0 radical (unpaired) electrons. The van der Waals surface area contributed by atoms with E-state index in [1.54, 1.807) is 0 Å². The molecule has 1 fully saturated rings. The first-order chi connectivity index (χ1) is 9.64. The number of nitrogens with zero attached hydrogens (tertiary/aromatic N) is 2. The van der Waals surface area contributed by atoms with E-state index in [0.717, 1.165) is 6.42 Å². The molecule has 1 aromatic heterocycles. The molecule has 0 spiro atoms. The van der Waals surface area contributed by atoms with Gasteiger partial charge in [0.2, 0.25) is 10.0 Å². The van der Waals surface area contributed by atoms with E-state index in [1.165, 1.54) is 28.2 Å². The molecule has 0 aromatic carbocycles. The number of carboxylic acids is 1.